The minimum Gasteiger partial charge on any atom is -0.375 e. The van der Waals surface area contributed by atoms with Crippen LogP contribution < -0.4 is 10.6 Å². The van der Waals surface area contributed by atoms with Gasteiger partial charge in [-0.15, -0.1) is 0 Å². The van der Waals surface area contributed by atoms with Gasteiger partial charge in [0.25, 0.3) is 0 Å². The average molecular weight is 314 g/mol. The number of unbranched alkanes of at least 4 members (excludes halogenated alkanes) is 8. The molecule has 0 spiro atoms. The van der Waals surface area contributed by atoms with Crippen molar-refractivity contribution in [2.45, 2.75) is 71.1 Å². The highest BCUT2D eigenvalue weighted by atomic mass is 16.5. The molecular formula is C17H34N2O3. The van der Waals surface area contributed by atoms with Crippen LogP contribution in [0.1, 0.15) is 71.1 Å². The molecule has 0 radical (unpaired) electrons. The van der Waals surface area contributed by atoms with E-state index in [-0.39, 0.29) is 18.4 Å². The molecule has 130 valence electrons. The maximum atomic E-state index is 11.1. The molecule has 0 saturated heterocycles. The first kappa shape index (κ1) is 20.9. The first-order valence-corrected chi connectivity index (χ1v) is 8.73. The Bertz CT molecular complexity index is 283. The van der Waals surface area contributed by atoms with E-state index in [1.54, 1.807) is 0 Å². The normalized spacial score (nSPS) is 10.5. The summed E-state index contributed by atoms with van der Waals surface area (Å²) in [5.41, 5.74) is 0. The van der Waals surface area contributed by atoms with Gasteiger partial charge in [0.1, 0.15) is 6.61 Å². The zero-order valence-corrected chi connectivity index (χ0v) is 14.4. The lowest BCUT2D eigenvalue weighted by molar-refractivity contribution is -0.124. The van der Waals surface area contributed by atoms with Crippen LogP contribution in [-0.4, -0.2) is 38.6 Å². The highest BCUT2D eigenvalue weighted by molar-refractivity contribution is 5.77. The van der Waals surface area contributed by atoms with Crippen molar-refractivity contribution in [3.63, 3.8) is 0 Å². The lowest BCUT2D eigenvalue weighted by atomic mass is 10.1. The van der Waals surface area contributed by atoms with E-state index in [1.807, 2.05) is 6.92 Å². The number of methoxy groups -OCH3 is 1. The maximum Gasteiger partial charge on any atom is 0.245 e. The van der Waals surface area contributed by atoms with Gasteiger partial charge < -0.3 is 15.4 Å². The predicted octanol–water partition coefficient (Wildman–Crippen LogP) is 2.79. The third-order valence-electron chi connectivity index (χ3n) is 3.59. The number of hydrogen-bond donors (Lipinski definition) is 2. The van der Waals surface area contributed by atoms with E-state index >= 15 is 0 Å². The number of nitrogens with one attached hydrogen (secondary N) is 2. The zero-order chi connectivity index (χ0) is 16.5. The summed E-state index contributed by atoms with van der Waals surface area (Å²) < 4.78 is 4.75. The molecule has 0 aromatic carbocycles. The van der Waals surface area contributed by atoms with Crippen LogP contribution in [0.4, 0.5) is 0 Å². The minimum atomic E-state index is -0.0300. The molecule has 0 rings (SSSR count). The molecule has 0 saturated carbocycles. The number of rotatable bonds is 15. The van der Waals surface area contributed by atoms with Crippen LogP contribution >= 0.6 is 0 Å². The van der Waals surface area contributed by atoms with Crippen molar-refractivity contribution in [2.75, 3.05) is 26.8 Å². The first-order valence-electron chi connectivity index (χ1n) is 8.73. The fourth-order valence-electron chi connectivity index (χ4n) is 2.25. The fourth-order valence-corrected chi connectivity index (χ4v) is 2.25. The van der Waals surface area contributed by atoms with Crippen molar-refractivity contribution in [3.8, 4) is 0 Å². The van der Waals surface area contributed by atoms with Crippen LogP contribution in [-0.2, 0) is 14.3 Å². The lowest BCUT2D eigenvalue weighted by Crippen LogP contribution is -2.27. The van der Waals surface area contributed by atoms with E-state index < -0.39 is 0 Å². The van der Waals surface area contributed by atoms with Gasteiger partial charge in [0.2, 0.25) is 11.8 Å². The third kappa shape index (κ3) is 15.3. The first-order chi connectivity index (χ1) is 10.7. The Balaban J connectivity index is 3.08. The van der Waals surface area contributed by atoms with E-state index in [0.29, 0.717) is 6.42 Å². The van der Waals surface area contributed by atoms with Crippen molar-refractivity contribution in [2.24, 2.45) is 0 Å². The Morgan fingerprint density at radius 1 is 0.727 bits per heavy atom. The molecule has 0 aliphatic carbocycles. The predicted molar refractivity (Wildman–Crippen MR) is 89.7 cm³/mol. The summed E-state index contributed by atoms with van der Waals surface area (Å²) in [4.78, 5) is 22.1. The summed E-state index contributed by atoms with van der Waals surface area (Å²) in [6, 6.07) is 0. The van der Waals surface area contributed by atoms with E-state index in [4.69, 9.17) is 4.74 Å². The molecule has 0 aliphatic rings. The number of hydrogen-bond acceptors (Lipinski definition) is 3. The molecule has 5 heteroatoms. The zero-order valence-electron chi connectivity index (χ0n) is 14.4. The van der Waals surface area contributed by atoms with Crippen molar-refractivity contribution in [1.82, 2.24) is 10.6 Å². The van der Waals surface area contributed by atoms with Gasteiger partial charge in [-0.1, -0.05) is 51.9 Å². The van der Waals surface area contributed by atoms with Crippen molar-refractivity contribution in [3.05, 3.63) is 0 Å². The highest BCUT2D eigenvalue weighted by Gasteiger charge is 1.98. The molecule has 5 nitrogen and oxygen atoms in total. The van der Waals surface area contributed by atoms with Crippen molar-refractivity contribution >= 4 is 11.8 Å². The summed E-state index contributed by atoms with van der Waals surface area (Å²) in [6.45, 7) is 3.61. The molecular weight excluding hydrogens is 280 g/mol. The molecule has 2 amide bonds. The van der Waals surface area contributed by atoms with E-state index in [1.165, 1.54) is 52.1 Å². The monoisotopic (exact) mass is 314 g/mol. The molecule has 0 unspecified atom stereocenters. The molecule has 0 bridgehead atoms. The number of ether oxygens (including phenoxy) is 1. The summed E-state index contributed by atoms with van der Waals surface area (Å²) in [6.07, 6.45) is 11.4. The second kappa shape index (κ2) is 16.3. The smallest absolute Gasteiger partial charge is 0.245 e. The second-order valence-electron chi connectivity index (χ2n) is 5.67. The van der Waals surface area contributed by atoms with Crippen LogP contribution in [0.3, 0.4) is 0 Å². The second-order valence-corrected chi connectivity index (χ2v) is 5.67. The van der Waals surface area contributed by atoms with Gasteiger partial charge >= 0.3 is 0 Å². The largest absolute Gasteiger partial charge is 0.375 e. The van der Waals surface area contributed by atoms with Crippen LogP contribution in [0.5, 0.6) is 0 Å². The minimum absolute atomic E-state index is 0.0300. The fraction of sp³-hybridized carbons (Fsp3) is 0.882. The summed E-state index contributed by atoms with van der Waals surface area (Å²) >= 11 is 0. The van der Waals surface area contributed by atoms with E-state index in [9.17, 15) is 9.59 Å². The van der Waals surface area contributed by atoms with Gasteiger partial charge in [0.05, 0.1) is 0 Å². The molecule has 22 heavy (non-hydrogen) atoms. The highest BCUT2D eigenvalue weighted by Crippen LogP contribution is 2.09. The molecule has 0 aromatic rings. The average Bonchev–Trinajstić information content (AvgIpc) is 2.51. The van der Waals surface area contributed by atoms with Crippen LogP contribution in [0.2, 0.25) is 0 Å². The van der Waals surface area contributed by atoms with Gasteiger partial charge in [-0.2, -0.15) is 0 Å². The summed E-state index contributed by atoms with van der Waals surface area (Å²) in [5, 5.41) is 5.73. The Morgan fingerprint density at radius 3 is 1.55 bits per heavy atom. The van der Waals surface area contributed by atoms with Crippen LogP contribution in [0.25, 0.3) is 0 Å². The van der Waals surface area contributed by atoms with Crippen LogP contribution in [0.15, 0.2) is 0 Å². The van der Waals surface area contributed by atoms with Crippen molar-refractivity contribution in [1.29, 1.82) is 0 Å². The van der Waals surface area contributed by atoms with Crippen LogP contribution in [0, 0.1) is 0 Å². The van der Waals surface area contributed by atoms with Gasteiger partial charge in [-0.25, -0.2) is 0 Å². The Kier molecular flexibility index (Phi) is 15.5. The standard InChI is InChI=1S/C17H34N2O3/c1-3-16(20)18-13-11-9-7-5-4-6-8-10-12-14-19-17(21)15-22-2/h3-15H2,1-2H3,(H,18,20)(H,19,21). The van der Waals surface area contributed by atoms with E-state index in [0.717, 1.165) is 25.9 Å². The van der Waals surface area contributed by atoms with Crippen molar-refractivity contribution < 1.29 is 14.3 Å². The third-order valence-corrected chi connectivity index (χ3v) is 3.59. The summed E-state index contributed by atoms with van der Waals surface area (Å²) in [7, 11) is 1.53. The Hall–Kier alpha value is -1.10. The van der Waals surface area contributed by atoms with Gasteiger partial charge in [0.15, 0.2) is 0 Å². The number of amides is 2. The Labute approximate surface area is 135 Å². The van der Waals surface area contributed by atoms with E-state index in [2.05, 4.69) is 10.6 Å². The molecule has 0 aliphatic heterocycles. The SMILES string of the molecule is CCC(=O)NCCCCCCCCCCCNC(=O)COC. The maximum absolute atomic E-state index is 11.1. The quantitative estimate of drug-likeness (QED) is 0.457. The number of carbonyl (C=O) groups is 2. The topological polar surface area (TPSA) is 67.4 Å². The molecule has 0 atom stereocenters. The lowest BCUT2D eigenvalue weighted by Gasteiger charge is -2.05. The molecule has 0 fully saturated rings. The van der Waals surface area contributed by atoms with Gasteiger partial charge in [0, 0.05) is 26.6 Å². The van der Waals surface area contributed by atoms with Gasteiger partial charge in [-0.05, 0) is 12.8 Å². The molecule has 0 aromatic heterocycles. The molecule has 0 heterocycles. The summed E-state index contributed by atoms with van der Waals surface area (Å²) in [5.74, 6) is 0.121. The number of carbonyl (C=O) groups excluding carboxylic acids is 2. The van der Waals surface area contributed by atoms with Gasteiger partial charge in [-0.3, -0.25) is 9.59 Å². The molecule has 2 N–H and O–H groups in total. The Morgan fingerprint density at radius 2 is 1.14 bits per heavy atom.